The van der Waals surface area contributed by atoms with Gasteiger partial charge >= 0.3 is 0 Å². The first-order valence-electron chi connectivity index (χ1n) is 5.84. The lowest BCUT2D eigenvalue weighted by molar-refractivity contribution is 0.165. The summed E-state index contributed by atoms with van der Waals surface area (Å²) in [4.78, 5) is 4.60. The van der Waals surface area contributed by atoms with Crippen LogP contribution in [-0.2, 0) is 0 Å². The summed E-state index contributed by atoms with van der Waals surface area (Å²) in [7, 11) is 6.37. The molecule has 0 aromatic carbocycles. The van der Waals surface area contributed by atoms with E-state index in [9.17, 15) is 5.26 Å². The zero-order valence-corrected chi connectivity index (χ0v) is 10.4. The van der Waals surface area contributed by atoms with E-state index in [0.717, 1.165) is 13.0 Å². The molecule has 0 aromatic rings. The van der Waals surface area contributed by atoms with Crippen molar-refractivity contribution in [2.24, 2.45) is 11.8 Å². The van der Waals surface area contributed by atoms with Crippen LogP contribution in [0.15, 0.2) is 0 Å². The van der Waals surface area contributed by atoms with Gasteiger partial charge in [-0.1, -0.05) is 6.92 Å². The van der Waals surface area contributed by atoms with Gasteiger partial charge in [0, 0.05) is 12.6 Å². The first-order valence-corrected chi connectivity index (χ1v) is 5.84. The highest BCUT2D eigenvalue weighted by Crippen LogP contribution is 2.27. The normalized spacial score (nSPS) is 26.5. The topological polar surface area (TPSA) is 30.3 Å². The summed E-state index contributed by atoms with van der Waals surface area (Å²) in [6, 6.07) is 2.89. The molecule has 0 bridgehead atoms. The van der Waals surface area contributed by atoms with Crippen molar-refractivity contribution in [2.75, 3.05) is 34.2 Å². The van der Waals surface area contributed by atoms with E-state index in [4.69, 9.17) is 0 Å². The monoisotopic (exact) mass is 209 g/mol. The van der Waals surface area contributed by atoms with Crippen LogP contribution in [-0.4, -0.2) is 50.1 Å². The number of hydrogen-bond donors (Lipinski definition) is 0. The molecule has 3 unspecified atom stereocenters. The summed E-state index contributed by atoms with van der Waals surface area (Å²) in [6.07, 6.45) is 2.19. The minimum atomic E-state index is 0.177. The molecule has 0 aliphatic carbocycles. The molecule has 1 rings (SSSR count). The minimum absolute atomic E-state index is 0.177. The van der Waals surface area contributed by atoms with Gasteiger partial charge in [-0.3, -0.25) is 0 Å². The third-order valence-electron chi connectivity index (χ3n) is 3.52. The minimum Gasteiger partial charge on any atom is -0.306 e. The number of nitriles is 1. The quantitative estimate of drug-likeness (QED) is 0.701. The summed E-state index contributed by atoms with van der Waals surface area (Å²) in [5, 5.41) is 9.18. The molecule has 15 heavy (non-hydrogen) atoms. The highest BCUT2D eigenvalue weighted by Gasteiger charge is 2.33. The lowest BCUT2D eigenvalue weighted by Gasteiger charge is -2.33. The van der Waals surface area contributed by atoms with Crippen LogP contribution in [0.5, 0.6) is 0 Å². The van der Waals surface area contributed by atoms with Crippen molar-refractivity contribution in [3.63, 3.8) is 0 Å². The summed E-state index contributed by atoms with van der Waals surface area (Å²) < 4.78 is 0. The van der Waals surface area contributed by atoms with Gasteiger partial charge in [0.25, 0.3) is 0 Å². The number of likely N-dealkylation sites (tertiary alicyclic amines) is 1. The van der Waals surface area contributed by atoms with Crippen LogP contribution in [0, 0.1) is 23.2 Å². The summed E-state index contributed by atoms with van der Waals surface area (Å²) in [5.74, 6) is 0.839. The molecule has 1 aliphatic rings. The number of rotatable bonds is 4. The zero-order chi connectivity index (χ0) is 11.4. The van der Waals surface area contributed by atoms with Crippen LogP contribution in [0.25, 0.3) is 0 Å². The molecule has 3 heteroatoms. The Morgan fingerprint density at radius 3 is 2.53 bits per heavy atom. The van der Waals surface area contributed by atoms with E-state index in [1.807, 2.05) is 0 Å². The molecular formula is C12H23N3. The predicted molar refractivity (Wildman–Crippen MR) is 62.5 cm³/mol. The molecule has 0 radical (unpaired) electrons. The summed E-state index contributed by atoms with van der Waals surface area (Å²) >= 11 is 0. The van der Waals surface area contributed by atoms with Crippen LogP contribution in [0.2, 0.25) is 0 Å². The molecule has 3 atom stereocenters. The van der Waals surface area contributed by atoms with Crippen molar-refractivity contribution < 1.29 is 0 Å². The Morgan fingerprint density at radius 2 is 2.20 bits per heavy atom. The molecule has 1 aliphatic heterocycles. The van der Waals surface area contributed by atoms with E-state index in [2.05, 4.69) is 43.9 Å². The predicted octanol–water partition coefficient (Wildman–Crippen LogP) is 1.42. The smallest absolute Gasteiger partial charge is 0.0672 e. The van der Waals surface area contributed by atoms with Crippen molar-refractivity contribution in [2.45, 2.75) is 25.8 Å². The zero-order valence-electron chi connectivity index (χ0n) is 10.4. The Labute approximate surface area is 93.7 Å². The molecule has 0 aromatic heterocycles. The van der Waals surface area contributed by atoms with Crippen molar-refractivity contribution in [1.29, 1.82) is 5.26 Å². The van der Waals surface area contributed by atoms with Crippen LogP contribution >= 0.6 is 0 Å². The van der Waals surface area contributed by atoms with Crippen molar-refractivity contribution in [3.05, 3.63) is 0 Å². The number of hydrogen-bond acceptors (Lipinski definition) is 3. The molecule has 0 saturated carbocycles. The van der Waals surface area contributed by atoms with Crippen LogP contribution in [0.1, 0.15) is 19.8 Å². The molecule has 0 N–H and O–H groups in total. The summed E-state index contributed by atoms with van der Waals surface area (Å²) in [5.41, 5.74) is 0. The van der Waals surface area contributed by atoms with Crippen molar-refractivity contribution >= 4 is 0 Å². The molecule has 0 spiro atoms. The Morgan fingerprint density at radius 1 is 1.53 bits per heavy atom. The van der Waals surface area contributed by atoms with Crippen LogP contribution in [0.4, 0.5) is 0 Å². The van der Waals surface area contributed by atoms with E-state index in [1.165, 1.54) is 13.0 Å². The van der Waals surface area contributed by atoms with E-state index in [0.29, 0.717) is 12.0 Å². The van der Waals surface area contributed by atoms with Gasteiger partial charge in [0.15, 0.2) is 0 Å². The molecule has 1 saturated heterocycles. The maximum Gasteiger partial charge on any atom is 0.0672 e. The highest BCUT2D eigenvalue weighted by atomic mass is 15.2. The average Bonchev–Trinajstić information content (AvgIpc) is 2.59. The highest BCUT2D eigenvalue weighted by molar-refractivity contribution is 4.96. The van der Waals surface area contributed by atoms with Gasteiger partial charge in [0.2, 0.25) is 0 Å². The molecule has 86 valence electrons. The van der Waals surface area contributed by atoms with E-state index >= 15 is 0 Å². The van der Waals surface area contributed by atoms with Gasteiger partial charge < -0.3 is 9.80 Å². The lowest BCUT2D eigenvalue weighted by atomic mass is 9.86. The molecule has 0 amide bonds. The Balaban J connectivity index is 2.70. The molecule has 3 nitrogen and oxygen atoms in total. The van der Waals surface area contributed by atoms with Gasteiger partial charge in [0.1, 0.15) is 0 Å². The first-order chi connectivity index (χ1) is 7.10. The maximum atomic E-state index is 9.18. The first kappa shape index (κ1) is 12.5. The van der Waals surface area contributed by atoms with E-state index < -0.39 is 0 Å². The fraction of sp³-hybridized carbons (Fsp3) is 0.917. The van der Waals surface area contributed by atoms with Crippen LogP contribution in [0.3, 0.4) is 0 Å². The van der Waals surface area contributed by atoms with Crippen molar-refractivity contribution in [3.8, 4) is 6.07 Å². The second-order valence-electron chi connectivity index (χ2n) is 4.91. The fourth-order valence-corrected chi connectivity index (χ4v) is 2.77. The number of nitrogens with zero attached hydrogens (tertiary/aromatic N) is 3. The molecular weight excluding hydrogens is 186 g/mol. The van der Waals surface area contributed by atoms with Gasteiger partial charge in [0.05, 0.1) is 12.0 Å². The van der Waals surface area contributed by atoms with Gasteiger partial charge in [-0.2, -0.15) is 5.26 Å². The Kier molecular flexibility index (Phi) is 4.56. The van der Waals surface area contributed by atoms with E-state index in [1.54, 1.807) is 0 Å². The second kappa shape index (κ2) is 5.48. The van der Waals surface area contributed by atoms with Gasteiger partial charge in [-0.15, -0.1) is 0 Å². The average molecular weight is 209 g/mol. The SMILES string of the molecule is CCC(C#N)C(C1CCN(C)C1)N(C)C. The lowest BCUT2D eigenvalue weighted by Crippen LogP contribution is -2.41. The maximum absolute atomic E-state index is 9.18. The van der Waals surface area contributed by atoms with Crippen LogP contribution < -0.4 is 0 Å². The third-order valence-corrected chi connectivity index (χ3v) is 3.52. The van der Waals surface area contributed by atoms with E-state index in [-0.39, 0.29) is 5.92 Å². The largest absolute Gasteiger partial charge is 0.306 e. The third kappa shape index (κ3) is 2.93. The fourth-order valence-electron chi connectivity index (χ4n) is 2.77. The van der Waals surface area contributed by atoms with Gasteiger partial charge in [-0.05, 0) is 46.4 Å². The van der Waals surface area contributed by atoms with Crippen molar-refractivity contribution in [1.82, 2.24) is 9.80 Å². The molecule has 1 fully saturated rings. The Bertz CT molecular complexity index is 232. The van der Waals surface area contributed by atoms with Gasteiger partial charge in [-0.25, -0.2) is 0 Å². The second-order valence-corrected chi connectivity index (χ2v) is 4.91. The molecule has 1 heterocycles. The summed E-state index contributed by atoms with van der Waals surface area (Å²) in [6.45, 7) is 4.43. The Hall–Kier alpha value is -0.590. The standard InChI is InChI=1S/C12H23N3/c1-5-10(8-13)12(14(2)3)11-6-7-15(4)9-11/h10-12H,5-7,9H2,1-4H3.